The van der Waals surface area contributed by atoms with E-state index in [0.717, 1.165) is 33.7 Å². The highest BCUT2D eigenvalue weighted by molar-refractivity contribution is 6.04. The average Bonchev–Trinajstić information content (AvgIpc) is 3.34. The largest absolute Gasteiger partial charge is 0.324 e. The summed E-state index contributed by atoms with van der Waals surface area (Å²) in [5.74, 6) is 0.260. The summed E-state index contributed by atoms with van der Waals surface area (Å²) in [4.78, 5) is 25.9. The Kier molecular flexibility index (Phi) is 5.80. The van der Waals surface area contributed by atoms with E-state index in [0.29, 0.717) is 17.2 Å². The van der Waals surface area contributed by atoms with Crippen molar-refractivity contribution >= 4 is 28.7 Å². The third kappa shape index (κ3) is 4.63. The van der Waals surface area contributed by atoms with Crippen LogP contribution in [0.2, 0.25) is 0 Å². The van der Waals surface area contributed by atoms with Gasteiger partial charge in [0.15, 0.2) is 0 Å². The lowest BCUT2D eigenvalue weighted by Crippen LogP contribution is -2.11. The van der Waals surface area contributed by atoms with Gasteiger partial charge in [-0.3, -0.25) is 9.78 Å². The molecule has 0 aliphatic heterocycles. The molecule has 178 valence electrons. The van der Waals surface area contributed by atoms with Crippen LogP contribution in [0, 0.1) is 0 Å². The molecule has 2 N–H and O–H groups in total. The summed E-state index contributed by atoms with van der Waals surface area (Å²) < 4.78 is 1.83. The van der Waals surface area contributed by atoms with Crippen molar-refractivity contribution in [2.45, 2.75) is 0 Å². The zero-order valence-electron chi connectivity index (χ0n) is 19.6. The number of carbonyl (C=O) groups is 1. The van der Waals surface area contributed by atoms with E-state index in [4.69, 9.17) is 10.1 Å². The van der Waals surface area contributed by atoms with Crippen LogP contribution in [0.5, 0.6) is 0 Å². The molecular formula is C29H21N7O. The minimum atomic E-state index is -0.229. The standard InChI is InChI=1S/C29H21N7O/c37-28(21-9-7-15-30-19-21)32-23-12-6-8-20(18-23)27-26(25-13-4-5-17-36(25)35-27)24-14-16-31-29(34-24)33-22-10-2-1-3-11-22/h1-19H,(H,32,37)(H,31,33,34). The Balaban J connectivity index is 1.40. The summed E-state index contributed by atoms with van der Waals surface area (Å²) in [5.41, 5.74) is 6.14. The molecule has 0 saturated heterocycles. The predicted molar refractivity (Wildman–Crippen MR) is 144 cm³/mol. The minimum Gasteiger partial charge on any atom is -0.324 e. The summed E-state index contributed by atoms with van der Waals surface area (Å²) in [6, 6.07) is 28.6. The molecule has 1 amide bonds. The van der Waals surface area contributed by atoms with Gasteiger partial charge < -0.3 is 10.6 Å². The second kappa shape index (κ2) is 9.71. The number of nitrogens with one attached hydrogen (secondary N) is 2. The van der Waals surface area contributed by atoms with E-state index in [1.165, 1.54) is 6.20 Å². The van der Waals surface area contributed by atoms with Crippen LogP contribution in [0.3, 0.4) is 0 Å². The van der Waals surface area contributed by atoms with E-state index >= 15 is 0 Å². The fourth-order valence-electron chi connectivity index (χ4n) is 4.11. The molecule has 0 fully saturated rings. The molecule has 0 atom stereocenters. The maximum atomic E-state index is 12.7. The molecule has 0 aliphatic rings. The molecule has 4 heterocycles. The van der Waals surface area contributed by atoms with Crippen LogP contribution in [0.25, 0.3) is 28.0 Å². The van der Waals surface area contributed by atoms with Gasteiger partial charge in [-0.2, -0.15) is 5.10 Å². The first-order valence-corrected chi connectivity index (χ1v) is 11.7. The number of nitrogens with zero attached hydrogens (tertiary/aromatic N) is 5. The molecule has 4 aromatic heterocycles. The highest BCUT2D eigenvalue weighted by Gasteiger charge is 2.19. The Morgan fingerprint density at radius 3 is 2.54 bits per heavy atom. The number of benzene rings is 2. The SMILES string of the molecule is O=C(Nc1cccc(-c2nn3ccccc3c2-c2ccnc(Nc3ccccc3)n2)c1)c1cccnc1. The van der Waals surface area contributed by atoms with Gasteiger partial charge in [0.25, 0.3) is 5.91 Å². The van der Waals surface area contributed by atoms with Gasteiger partial charge >= 0.3 is 0 Å². The number of amides is 1. The molecule has 0 bridgehead atoms. The van der Waals surface area contributed by atoms with Crippen LogP contribution in [0.4, 0.5) is 17.3 Å². The van der Waals surface area contributed by atoms with Crippen LogP contribution in [-0.4, -0.2) is 30.5 Å². The van der Waals surface area contributed by atoms with Gasteiger partial charge in [-0.1, -0.05) is 36.4 Å². The molecule has 0 unspecified atom stereocenters. The fraction of sp³-hybridized carbons (Fsp3) is 0. The first kappa shape index (κ1) is 22.1. The number of rotatable bonds is 6. The Morgan fingerprint density at radius 1 is 0.811 bits per heavy atom. The summed E-state index contributed by atoms with van der Waals surface area (Å²) >= 11 is 0. The summed E-state index contributed by atoms with van der Waals surface area (Å²) in [7, 11) is 0. The van der Waals surface area contributed by atoms with Crippen LogP contribution >= 0.6 is 0 Å². The van der Waals surface area contributed by atoms with Gasteiger partial charge in [0.1, 0.15) is 5.69 Å². The second-order valence-corrected chi connectivity index (χ2v) is 8.29. The van der Waals surface area contributed by atoms with Gasteiger partial charge in [0, 0.05) is 41.7 Å². The van der Waals surface area contributed by atoms with Crippen molar-refractivity contribution in [1.82, 2.24) is 24.6 Å². The number of para-hydroxylation sites is 1. The molecule has 0 radical (unpaired) electrons. The smallest absolute Gasteiger partial charge is 0.257 e. The van der Waals surface area contributed by atoms with Crippen LogP contribution in [0.1, 0.15) is 10.4 Å². The molecule has 0 spiro atoms. The Bertz CT molecular complexity index is 1700. The Morgan fingerprint density at radius 2 is 1.68 bits per heavy atom. The number of hydrogen-bond acceptors (Lipinski definition) is 6. The number of hydrogen-bond donors (Lipinski definition) is 2. The normalized spacial score (nSPS) is 10.8. The van der Waals surface area contributed by atoms with Crippen molar-refractivity contribution < 1.29 is 4.79 Å². The molecule has 2 aromatic carbocycles. The van der Waals surface area contributed by atoms with Gasteiger partial charge in [-0.15, -0.1) is 0 Å². The minimum absolute atomic E-state index is 0.229. The molecule has 6 rings (SSSR count). The van der Waals surface area contributed by atoms with Crippen molar-refractivity contribution in [3.05, 3.63) is 121 Å². The van der Waals surface area contributed by atoms with Crippen molar-refractivity contribution in [1.29, 1.82) is 0 Å². The van der Waals surface area contributed by atoms with Crippen LogP contribution in [-0.2, 0) is 0 Å². The van der Waals surface area contributed by atoms with Crippen molar-refractivity contribution in [2.24, 2.45) is 0 Å². The lowest BCUT2D eigenvalue weighted by Gasteiger charge is -2.09. The molecule has 0 aliphatic carbocycles. The number of carbonyl (C=O) groups excluding carboxylic acids is 1. The quantitative estimate of drug-likeness (QED) is 0.308. The fourth-order valence-corrected chi connectivity index (χ4v) is 4.11. The van der Waals surface area contributed by atoms with Crippen molar-refractivity contribution in [2.75, 3.05) is 10.6 Å². The number of anilines is 3. The zero-order valence-corrected chi connectivity index (χ0v) is 19.6. The Hall–Kier alpha value is -5.37. The molecule has 0 saturated carbocycles. The summed E-state index contributed by atoms with van der Waals surface area (Å²) in [5, 5.41) is 11.1. The molecule has 8 nitrogen and oxygen atoms in total. The predicted octanol–water partition coefficient (Wildman–Crippen LogP) is 5.85. The van der Waals surface area contributed by atoms with Gasteiger partial charge in [0.05, 0.1) is 22.3 Å². The van der Waals surface area contributed by atoms with Crippen LogP contribution < -0.4 is 10.6 Å². The van der Waals surface area contributed by atoms with E-state index < -0.39 is 0 Å². The van der Waals surface area contributed by atoms with E-state index in [9.17, 15) is 4.79 Å². The van der Waals surface area contributed by atoms with E-state index in [1.54, 1.807) is 24.5 Å². The Labute approximate surface area is 212 Å². The monoisotopic (exact) mass is 483 g/mol. The maximum absolute atomic E-state index is 12.7. The van der Waals surface area contributed by atoms with Crippen molar-refractivity contribution in [3.8, 4) is 22.5 Å². The third-order valence-electron chi connectivity index (χ3n) is 5.80. The van der Waals surface area contributed by atoms with Gasteiger partial charge in [-0.05, 0) is 54.6 Å². The van der Waals surface area contributed by atoms with Gasteiger partial charge in [0.2, 0.25) is 5.95 Å². The highest BCUT2D eigenvalue weighted by Crippen LogP contribution is 2.35. The highest BCUT2D eigenvalue weighted by atomic mass is 16.1. The lowest BCUT2D eigenvalue weighted by molar-refractivity contribution is 0.102. The number of fused-ring (bicyclic) bond motifs is 1. The second-order valence-electron chi connectivity index (χ2n) is 8.29. The average molecular weight is 484 g/mol. The molecule has 6 aromatic rings. The molecular weight excluding hydrogens is 462 g/mol. The topological polar surface area (TPSA) is 97.1 Å². The maximum Gasteiger partial charge on any atom is 0.257 e. The van der Waals surface area contributed by atoms with Crippen molar-refractivity contribution in [3.63, 3.8) is 0 Å². The lowest BCUT2D eigenvalue weighted by atomic mass is 10.0. The van der Waals surface area contributed by atoms with E-state index in [-0.39, 0.29) is 5.91 Å². The molecule has 8 heteroatoms. The van der Waals surface area contributed by atoms with Crippen LogP contribution in [0.15, 0.2) is 116 Å². The third-order valence-corrected chi connectivity index (χ3v) is 5.80. The van der Waals surface area contributed by atoms with E-state index in [1.807, 2.05) is 89.6 Å². The molecule has 37 heavy (non-hydrogen) atoms. The van der Waals surface area contributed by atoms with Gasteiger partial charge in [-0.25, -0.2) is 14.5 Å². The summed E-state index contributed by atoms with van der Waals surface area (Å²) in [6.45, 7) is 0. The van der Waals surface area contributed by atoms with E-state index in [2.05, 4.69) is 20.6 Å². The first-order valence-electron chi connectivity index (χ1n) is 11.7. The first-order chi connectivity index (χ1) is 18.2. The zero-order chi connectivity index (χ0) is 25.0. The summed E-state index contributed by atoms with van der Waals surface area (Å²) in [6.07, 6.45) is 6.81. The number of pyridine rings is 2. The number of aromatic nitrogens is 5.